The van der Waals surface area contributed by atoms with Crippen LogP contribution in [-0.2, 0) is 14.8 Å². The standard InChI is InChI=1S/C11H14N2O6S/c1-7-9(5-8(19-7)11(15)16)20(17,18)13-4-3-12(2)10(14)6-13/h5H,3-4,6H2,1-2H3,(H,15,16). The number of carboxylic acid groups (broad SMARTS) is 1. The van der Waals surface area contributed by atoms with Gasteiger partial charge in [-0.15, -0.1) is 0 Å². The van der Waals surface area contributed by atoms with Gasteiger partial charge in [0, 0.05) is 26.2 Å². The van der Waals surface area contributed by atoms with Gasteiger partial charge in [-0.25, -0.2) is 13.2 Å². The molecule has 0 unspecified atom stereocenters. The number of aromatic carboxylic acids is 1. The van der Waals surface area contributed by atoms with Crippen molar-refractivity contribution in [3.8, 4) is 0 Å². The van der Waals surface area contributed by atoms with Crippen molar-refractivity contribution in [3.63, 3.8) is 0 Å². The molecule has 0 bridgehead atoms. The highest BCUT2D eigenvalue weighted by molar-refractivity contribution is 7.89. The van der Waals surface area contributed by atoms with Crippen LogP contribution >= 0.6 is 0 Å². The summed E-state index contributed by atoms with van der Waals surface area (Å²) in [6.07, 6.45) is 0. The maximum absolute atomic E-state index is 12.4. The van der Waals surface area contributed by atoms with Crippen LogP contribution in [0.15, 0.2) is 15.4 Å². The Hall–Kier alpha value is -1.87. The molecule has 2 rings (SSSR count). The van der Waals surface area contributed by atoms with Gasteiger partial charge in [-0.2, -0.15) is 4.31 Å². The van der Waals surface area contributed by atoms with Gasteiger partial charge in [-0.3, -0.25) is 4.79 Å². The minimum atomic E-state index is -3.93. The molecule has 1 aliphatic heterocycles. The number of hydrogen-bond acceptors (Lipinski definition) is 5. The first-order chi connectivity index (χ1) is 9.23. The van der Waals surface area contributed by atoms with Crippen LogP contribution in [0.5, 0.6) is 0 Å². The average molecular weight is 302 g/mol. The lowest BCUT2D eigenvalue weighted by Gasteiger charge is -2.30. The van der Waals surface area contributed by atoms with Crippen molar-refractivity contribution in [3.05, 3.63) is 17.6 Å². The van der Waals surface area contributed by atoms with E-state index >= 15 is 0 Å². The fourth-order valence-corrected chi connectivity index (χ4v) is 3.45. The Kier molecular flexibility index (Phi) is 3.57. The molecule has 8 nitrogen and oxygen atoms in total. The Labute approximate surface area is 115 Å². The minimum absolute atomic E-state index is 0.00576. The molecule has 1 aliphatic rings. The Morgan fingerprint density at radius 1 is 1.40 bits per heavy atom. The third kappa shape index (κ3) is 2.41. The van der Waals surface area contributed by atoms with Gasteiger partial charge in [0.25, 0.3) is 0 Å². The molecule has 1 aromatic heterocycles. The van der Waals surface area contributed by atoms with Crippen LogP contribution in [0.4, 0.5) is 0 Å². The zero-order valence-electron chi connectivity index (χ0n) is 11.0. The predicted octanol–water partition coefficient (Wildman–Crippen LogP) is -0.251. The fraction of sp³-hybridized carbons (Fsp3) is 0.455. The van der Waals surface area contributed by atoms with Gasteiger partial charge >= 0.3 is 5.97 Å². The average Bonchev–Trinajstić information content (AvgIpc) is 2.75. The van der Waals surface area contributed by atoms with Crippen LogP contribution in [0.3, 0.4) is 0 Å². The molecule has 0 atom stereocenters. The second-order valence-electron chi connectivity index (χ2n) is 4.49. The smallest absolute Gasteiger partial charge is 0.371 e. The topological polar surface area (TPSA) is 108 Å². The number of carboxylic acids is 1. The van der Waals surface area contributed by atoms with Gasteiger partial charge in [0.15, 0.2) is 0 Å². The summed E-state index contributed by atoms with van der Waals surface area (Å²) in [6.45, 7) is 1.57. The first-order valence-corrected chi connectivity index (χ1v) is 7.25. The number of carbonyl (C=O) groups excluding carboxylic acids is 1. The molecular formula is C11H14N2O6S. The summed E-state index contributed by atoms with van der Waals surface area (Å²) in [4.78, 5) is 23.6. The summed E-state index contributed by atoms with van der Waals surface area (Å²) in [5.41, 5.74) is 0. The molecular weight excluding hydrogens is 288 g/mol. The van der Waals surface area contributed by atoms with E-state index in [0.717, 1.165) is 10.4 Å². The maximum atomic E-state index is 12.4. The van der Waals surface area contributed by atoms with Gasteiger partial charge < -0.3 is 14.4 Å². The van der Waals surface area contributed by atoms with E-state index in [9.17, 15) is 18.0 Å². The van der Waals surface area contributed by atoms with E-state index < -0.39 is 21.8 Å². The molecule has 1 amide bonds. The van der Waals surface area contributed by atoms with Gasteiger partial charge in [0.1, 0.15) is 10.7 Å². The number of carbonyl (C=O) groups is 2. The lowest BCUT2D eigenvalue weighted by atomic mass is 10.4. The van der Waals surface area contributed by atoms with Crippen LogP contribution in [0.25, 0.3) is 0 Å². The Morgan fingerprint density at radius 2 is 2.05 bits per heavy atom. The second kappa shape index (κ2) is 4.91. The number of rotatable bonds is 3. The SMILES string of the molecule is Cc1oc(C(=O)O)cc1S(=O)(=O)N1CCN(C)C(=O)C1. The highest BCUT2D eigenvalue weighted by atomic mass is 32.2. The fourth-order valence-electron chi connectivity index (χ4n) is 1.91. The zero-order valence-corrected chi connectivity index (χ0v) is 11.8. The molecule has 0 spiro atoms. The highest BCUT2D eigenvalue weighted by Gasteiger charge is 2.34. The van der Waals surface area contributed by atoms with Crippen molar-refractivity contribution in [1.82, 2.24) is 9.21 Å². The molecule has 0 radical (unpaired) electrons. The van der Waals surface area contributed by atoms with Crippen molar-refractivity contribution in [2.24, 2.45) is 0 Å². The van der Waals surface area contributed by atoms with Crippen LogP contribution < -0.4 is 0 Å². The highest BCUT2D eigenvalue weighted by Crippen LogP contribution is 2.24. The lowest BCUT2D eigenvalue weighted by molar-refractivity contribution is -0.132. The normalized spacial score (nSPS) is 17.5. The number of aryl methyl sites for hydroxylation is 1. The van der Waals surface area contributed by atoms with E-state index in [1.807, 2.05) is 0 Å². The number of furan rings is 1. The molecule has 1 aromatic rings. The quantitative estimate of drug-likeness (QED) is 0.824. The summed E-state index contributed by atoms with van der Waals surface area (Å²) in [5.74, 6) is -2.10. The summed E-state index contributed by atoms with van der Waals surface area (Å²) < 4.78 is 30.7. The monoisotopic (exact) mass is 302 g/mol. The first kappa shape index (κ1) is 14.5. The van der Waals surface area contributed by atoms with Crippen molar-refractivity contribution in [1.29, 1.82) is 0 Å². The van der Waals surface area contributed by atoms with Gasteiger partial charge in [0.05, 0.1) is 6.54 Å². The Bertz CT molecular complexity index is 662. The molecule has 2 heterocycles. The van der Waals surface area contributed by atoms with Crippen molar-refractivity contribution in [2.45, 2.75) is 11.8 Å². The predicted molar refractivity (Wildman–Crippen MR) is 66.8 cm³/mol. The van der Waals surface area contributed by atoms with Gasteiger partial charge in [0.2, 0.25) is 21.7 Å². The molecule has 1 saturated heterocycles. The van der Waals surface area contributed by atoms with Crippen molar-refractivity contribution in [2.75, 3.05) is 26.7 Å². The molecule has 1 N–H and O–H groups in total. The van der Waals surface area contributed by atoms with E-state index in [0.29, 0.717) is 6.54 Å². The Morgan fingerprint density at radius 3 is 2.55 bits per heavy atom. The summed E-state index contributed by atoms with van der Waals surface area (Å²) in [7, 11) is -2.34. The second-order valence-corrected chi connectivity index (χ2v) is 6.40. The third-order valence-corrected chi connectivity index (χ3v) is 5.08. The van der Waals surface area contributed by atoms with Crippen LogP contribution in [-0.4, -0.2) is 61.3 Å². The van der Waals surface area contributed by atoms with E-state index in [2.05, 4.69) is 0 Å². The van der Waals surface area contributed by atoms with Crippen molar-refractivity contribution >= 4 is 21.9 Å². The van der Waals surface area contributed by atoms with E-state index in [-0.39, 0.29) is 29.7 Å². The number of sulfonamides is 1. The Balaban J connectivity index is 2.36. The van der Waals surface area contributed by atoms with Crippen LogP contribution in [0.2, 0.25) is 0 Å². The number of amides is 1. The molecule has 1 fully saturated rings. The van der Waals surface area contributed by atoms with E-state index in [1.165, 1.54) is 11.8 Å². The summed E-state index contributed by atoms with van der Waals surface area (Å²) in [6, 6.07) is 0.968. The number of likely N-dealkylation sites (N-methyl/N-ethyl adjacent to an activating group) is 1. The van der Waals surface area contributed by atoms with E-state index in [1.54, 1.807) is 7.05 Å². The number of nitrogens with zero attached hydrogens (tertiary/aromatic N) is 2. The summed E-state index contributed by atoms with van der Waals surface area (Å²) in [5, 5.41) is 8.81. The molecule has 0 saturated carbocycles. The van der Waals surface area contributed by atoms with Crippen molar-refractivity contribution < 1.29 is 27.5 Å². The number of piperazine rings is 1. The van der Waals surface area contributed by atoms with Gasteiger partial charge in [-0.1, -0.05) is 0 Å². The molecule has 110 valence electrons. The third-order valence-electron chi connectivity index (χ3n) is 3.12. The van der Waals surface area contributed by atoms with E-state index in [4.69, 9.17) is 9.52 Å². The zero-order chi connectivity index (χ0) is 15.1. The largest absolute Gasteiger partial charge is 0.475 e. The van der Waals surface area contributed by atoms with Crippen LogP contribution in [0.1, 0.15) is 16.3 Å². The lowest BCUT2D eigenvalue weighted by Crippen LogP contribution is -2.50. The minimum Gasteiger partial charge on any atom is -0.475 e. The van der Waals surface area contributed by atoms with Gasteiger partial charge in [-0.05, 0) is 6.92 Å². The molecule has 9 heteroatoms. The molecule has 20 heavy (non-hydrogen) atoms. The van der Waals surface area contributed by atoms with Crippen LogP contribution in [0, 0.1) is 6.92 Å². The maximum Gasteiger partial charge on any atom is 0.371 e. The number of hydrogen-bond donors (Lipinski definition) is 1. The first-order valence-electron chi connectivity index (χ1n) is 5.81. The summed E-state index contributed by atoms with van der Waals surface area (Å²) >= 11 is 0. The molecule has 0 aromatic carbocycles. The molecule has 0 aliphatic carbocycles.